The van der Waals surface area contributed by atoms with Crippen molar-refractivity contribution < 1.29 is 36.2 Å². The van der Waals surface area contributed by atoms with Gasteiger partial charge in [0.25, 0.3) is 0 Å². The van der Waals surface area contributed by atoms with E-state index in [4.69, 9.17) is 27.5 Å². The second-order valence-corrected chi connectivity index (χ2v) is 13.0. The number of nitrogens with zero attached hydrogens (tertiary/aromatic N) is 2. The molecule has 6 rings (SSSR count). The van der Waals surface area contributed by atoms with Gasteiger partial charge in [0.15, 0.2) is 11.5 Å². The summed E-state index contributed by atoms with van der Waals surface area (Å²) in [5, 5.41) is 8.16. The van der Waals surface area contributed by atoms with Crippen LogP contribution in [-0.4, -0.2) is 23.7 Å². The number of hydrogen-bond acceptors (Lipinski definition) is 5. The Morgan fingerprint density at radius 2 is 1.40 bits per heavy atom. The van der Waals surface area contributed by atoms with Crippen molar-refractivity contribution in [3.63, 3.8) is 0 Å². The number of fused-ring (bicyclic) bond motifs is 1. The normalized spacial score (nSPS) is 10.3. The predicted octanol–water partition coefficient (Wildman–Crippen LogP) is 8.10. The van der Waals surface area contributed by atoms with Gasteiger partial charge < -0.3 is 27.1 Å². The fourth-order valence-electron chi connectivity index (χ4n) is 4.80. The van der Waals surface area contributed by atoms with Crippen LogP contribution in [0.15, 0.2) is 128 Å². The van der Waals surface area contributed by atoms with Gasteiger partial charge in [-0.2, -0.15) is 0 Å². The molecule has 9 heteroatoms. The van der Waals surface area contributed by atoms with Gasteiger partial charge in [0.2, 0.25) is 0 Å². The molecule has 1 heterocycles. The minimum atomic E-state index is -0.877. The molecule has 47 heavy (non-hydrogen) atoms. The summed E-state index contributed by atoms with van der Waals surface area (Å²) in [6.45, 7) is 0.428. The van der Waals surface area contributed by atoms with E-state index in [1.165, 1.54) is 34.4 Å². The average Bonchev–Trinajstić information content (AvgIpc) is 3.10. The maximum absolute atomic E-state index is 13.4. The molecule has 0 spiro atoms. The van der Waals surface area contributed by atoms with E-state index in [2.05, 4.69) is 112 Å². The van der Waals surface area contributed by atoms with Crippen LogP contribution in [0.5, 0.6) is 11.5 Å². The van der Waals surface area contributed by atoms with Crippen LogP contribution in [0.1, 0.15) is 12.8 Å². The van der Waals surface area contributed by atoms with Crippen LogP contribution in [0.2, 0.25) is 5.02 Å². The third-order valence-corrected chi connectivity index (χ3v) is 10.0. The molecule has 1 N–H and O–H groups in total. The Bertz CT molecular complexity index is 1820. The number of ether oxygens (including phenoxy) is 2. The van der Waals surface area contributed by atoms with Crippen molar-refractivity contribution in [1.29, 1.82) is 0 Å². The van der Waals surface area contributed by atoms with E-state index >= 15 is 0 Å². The van der Waals surface area contributed by atoms with Crippen molar-refractivity contribution >= 4 is 57.8 Å². The summed E-state index contributed by atoms with van der Waals surface area (Å²) < 4.78 is 24.5. The molecule has 5 aromatic carbocycles. The minimum Gasteiger partial charge on any atom is -0.694 e. The van der Waals surface area contributed by atoms with E-state index < -0.39 is 13.7 Å². The molecule has 1 aromatic heterocycles. The molecule has 0 bridgehead atoms. The van der Waals surface area contributed by atoms with Gasteiger partial charge >= 0.3 is 22.4 Å². The zero-order valence-corrected chi connectivity index (χ0v) is 29.4. The molecule has 6 aromatic rings. The number of halogens is 2. The number of anilines is 2. The van der Waals surface area contributed by atoms with Gasteiger partial charge in [-0.25, -0.2) is 14.4 Å². The Labute approximate surface area is 296 Å². The first-order valence-electron chi connectivity index (χ1n) is 14.7. The molecule has 0 saturated heterocycles. The van der Waals surface area contributed by atoms with Crippen LogP contribution >= 0.6 is 19.5 Å². The van der Waals surface area contributed by atoms with Crippen LogP contribution in [-0.2, 0) is 22.4 Å². The molecule has 0 aliphatic carbocycles. The van der Waals surface area contributed by atoms with E-state index in [1.807, 2.05) is 0 Å². The molecule has 0 atom stereocenters. The van der Waals surface area contributed by atoms with Crippen molar-refractivity contribution in [1.82, 2.24) is 9.97 Å². The summed E-state index contributed by atoms with van der Waals surface area (Å²) >= 11 is 5.84. The van der Waals surface area contributed by atoms with Gasteiger partial charge in [0.05, 0.1) is 32.2 Å². The maximum Gasteiger partial charge on any atom is 1.00 e. The minimum absolute atomic E-state index is 0. The van der Waals surface area contributed by atoms with Gasteiger partial charge in [-0.05, 0) is 73.5 Å². The van der Waals surface area contributed by atoms with E-state index in [9.17, 15) is 4.39 Å². The first kappa shape index (κ1) is 35.6. The first-order chi connectivity index (χ1) is 22.6. The van der Waals surface area contributed by atoms with Crippen molar-refractivity contribution in [2.75, 3.05) is 19.0 Å². The SMILES string of the molecule is [Au+].[C-]#CCCCOc1cc2c(Nc3ccc(F)c(Cl)c3)ncnc2cc1OC.c1ccc([PH+](c2ccccc2)c2ccccc2)cc1. The third kappa shape index (κ3) is 9.65. The monoisotopic (exact) mass is 844 g/mol. The Morgan fingerprint density at radius 3 is 1.94 bits per heavy atom. The Hall–Kier alpha value is -4.21. The molecule has 5 nitrogen and oxygen atoms in total. The number of aromatic nitrogens is 2. The summed E-state index contributed by atoms with van der Waals surface area (Å²) in [5.41, 5.74) is 1.26. The van der Waals surface area contributed by atoms with Crippen molar-refractivity contribution in [3.8, 4) is 17.4 Å². The Kier molecular flexibility index (Phi) is 13.8. The molecule has 0 amide bonds. The van der Waals surface area contributed by atoms with Gasteiger partial charge in [0.1, 0.15) is 33.9 Å². The van der Waals surface area contributed by atoms with Crippen molar-refractivity contribution in [2.24, 2.45) is 0 Å². The van der Waals surface area contributed by atoms with Gasteiger partial charge in [-0.3, -0.25) is 0 Å². The summed E-state index contributed by atoms with van der Waals surface area (Å²) in [7, 11) is 0.678. The Morgan fingerprint density at radius 1 is 0.809 bits per heavy atom. The smallest absolute Gasteiger partial charge is 0.694 e. The number of rotatable bonds is 10. The van der Waals surface area contributed by atoms with Crippen molar-refractivity contribution in [3.05, 3.63) is 145 Å². The molecule has 0 radical (unpaired) electrons. The standard InChI is InChI=1S/C20H16ClFN3O2.C18H15P.Au/c1-3-4-5-8-27-19-10-14-17(11-18(19)26-2)23-12-24-20(14)25-13-6-7-16(22)15(21)9-13;1-4-10-16(11-5-1)19(17-12-6-2-7-13-17)18-14-8-3-9-15-18;/h6-7,9-12H,4-5,8H2,2H3,(H,23,24,25);1-15H;/q-1;;+1/p+1. The summed E-state index contributed by atoms with van der Waals surface area (Å²) in [6, 6.07) is 40.4. The van der Waals surface area contributed by atoms with Crippen LogP contribution in [0.3, 0.4) is 0 Å². The zero-order valence-electron chi connectivity index (χ0n) is 25.5. The molecule has 0 unspecified atom stereocenters. The molecule has 0 fully saturated rings. The summed E-state index contributed by atoms with van der Waals surface area (Å²) in [6.07, 6.45) is 9.57. The molecular formula is C38H32AuClFN3O2P+. The van der Waals surface area contributed by atoms with Crippen LogP contribution in [0, 0.1) is 18.2 Å². The fraction of sp³-hybridized carbons (Fsp3) is 0.105. The average molecular weight is 845 g/mol. The quantitative estimate of drug-likeness (QED) is 0.0497. The van der Waals surface area contributed by atoms with E-state index in [-0.39, 0.29) is 27.4 Å². The van der Waals surface area contributed by atoms with E-state index in [1.54, 1.807) is 25.3 Å². The molecule has 0 aliphatic heterocycles. The first-order valence-corrected chi connectivity index (χ1v) is 16.6. The molecular weight excluding hydrogens is 813 g/mol. The predicted molar refractivity (Wildman–Crippen MR) is 189 cm³/mol. The van der Waals surface area contributed by atoms with E-state index in [0.29, 0.717) is 53.4 Å². The topological polar surface area (TPSA) is 56.3 Å². The van der Waals surface area contributed by atoms with Crippen LogP contribution < -0.4 is 30.7 Å². The second-order valence-electron chi connectivity index (χ2n) is 10.1. The third-order valence-electron chi connectivity index (χ3n) is 6.99. The summed E-state index contributed by atoms with van der Waals surface area (Å²) in [5.74, 6) is 3.47. The molecule has 0 saturated carbocycles. The van der Waals surface area contributed by atoms with Crippen molar-refractivity contribution in [2.45, 2.75) is 12.8 Å². The van der Waals surface area contributed by atoms with Gasteiger partial charge in [-0.1, -0.05) is 66.2 Å². The number of nitrogens with one attached hydrogen (secondary N) is 1. The number of hydrogen-bond donors (Lipinski definition) is 1. The van der Waals surface area contributed by atoms with Gasteiger partial charge in [-0.15, -0.1) is 0 Å². The van der Waals surface area contributed by atoms with Crippen LogP contribution in [0.25, 0.3) is 10.9 Å². The van der Waals surface area contributed by atoms with Gasteiger partial charge in [0, 0.05) is 17.1 Å². The zero-order chi connectivity index (χ0) is 32.1. The largest absolute Gasteiger partial charge is 1.00 e. The number of unbranched alkanes of at least 4 members (excludes halogenated alkanes) is 1. The fourth-order valence-corrected chi connectivity index (χ4v) is 7.56. The summed E-state index contributed by atoms with van der Waals surface area (Å²) in [4.78, 5) is 8.54. The number of methoxy groups -OCH3 is 1. The van der Waals surface area contributed by atoms with E-state index in [0.717, 1.165) is 0 Å². The van der Waals surface area contributed by atoms with Crippen LogP contribution in [0.4, 0.5) is 15.9 Å². The Balaban J connectivity index is 0.000000220. The molecule has 240 valence electrons. The second kappa shape index (κ2) is 18.2. The molecule has 0 aliphatic rings. The number of benzene rings is 5. The maximum atomic E-state index is 13.4.